The molecule has 0 amide bonds. The van der Waals surface area contributed by atoms with Crippen LogP contribution < -0.4 is 5.32 Å². The average Bonchev–Trinajstić information content (AvgIpc) is 2.34. The summed E-state index contributed by atoms with van der Waals surface area (Å²) in [6, 6.07) is 0. The monoisotopic (exact) mass is 128 g/mol. The standard InChI is InChI=1S/C7H14NO/c9-5-1-2-7-3-4-8-6-7/h7-8H,1-6H2. The summed E-state index contributed by atoms with van der Waals surface area (Å²) in [5.74, 6) is 0.805. The van der Waals surface area contributed by atoms with Crippen molar-refractivity contribution in [2.75, 3.05) is 19.7 Å². The molecule has 1 saturated heterocycles. The molecule has 1 rings (SSSR count). The lowest BCUT2D eigenvalue weighted by atomic mass is 10.0. The van der Waals surface area contributed by atoms with Crippen LogP contribution in [0.4, 0.5) is 0 Å². The zero-order chi connectivity index (χ0) is 6.53. The number of nitrogens with one attached hydrogen (secondary N) is 1. The van der Waals surface area contributed by atoms with Gasteiger partial charge in [-0.2, -0.15) is 0 Å². The second kappa shape index (κ2) is 3.85. The third kappa shape index (κ3) is 2.33. The van der Waals surface area contributed by atoms with E-state index in [9.17, 15) is 5.11 Å². The number of hydrogen-bond donors (Lipinski definition) is 1. The second-order valence-electron chi connectivity index (χ2n) is 2.71. The Morgan fingerprint density at radius 2 is 2.44 bits per heavy atom. The van der Waals surface area contributed by atoms with Crippen molar-refractivity contribution in [3.05, 3.63) is 0 Å². The molecule has 0 aromatic heterocycles. The molecule has 1 radical (unpaired) electrons. The van der Waals surface area contributed by atoms with Crippen molar-refractivity contribution >= 4 is 0 Å². The summed E-state index contributed by atoms with van der Waals surface area (Å²) < 4.78 is 0. The predicted octanol–water partition coefficient (Wildman–Crippen LogP) is 0.807. The summed E-state index contributed by atoms with van der Waals surface area (Å²) in [6.45, 7) is 2.40. The van der Waals surface area contributed by atoms with Crippen molar-refractivity contribution in [2.45, 2.75) is 19.3 Å². The smallest absolute Gasteiger partial charge is 0.0822 e. The molecule has 0 bridgehead atoms. The van der Waals surface area contributed by atoms with Crippen molar-refractivity contribution in [1.82, 2.24) is 5.32 Å². The van der Waals surface area contributed by atoms with Crippen LogP contribution in [0.3, 0.4) is 0 Å². The van der Waals surface area contributed by atoms with Gasteiger partial charge in [-0.25, -0.2) is 5.11 Å². The van der Waals surface area contributed by atoms with Gasteiger partial charge in [-0.3, -0.25) is 0 Å². The Morgan fingerprint density at radius 1 is 1.56 bits per heavy atom. The first-order chi connectivity index (χ1) is 4.43. The Hall–Kier alpha value is -0.0800. The van der Waals surface area contributed by atoms with Gasteiger partial charge in [-0.15, -0.1) is 0 Å². The van der Waals surface area contributed by atoms with E-state index in [1.807, 2.05) is 0 Å². The summed E-state index contributed by atoms with van der Waals surface area (Å²) in [5, 5.41) is 13.3. The zero-order valence-corrected chi connectivity index (χ0v) is 5.73. The molecule has 0 saturated carbocycles. The Bertz CT molecular complexity index is 69.3. The molecule has 9 heavy (non-hydrogen) atoms. The second-order valence-corrected chi connectivity index (χ2v) is 2.71. The summed E-state index contributed by atoms with van der Waals surface area (Å²) in [4.78, 5) is 0. The highest BCUT2D eigenvalue weighted by molar-refractivity contribution is 4.70. The molecule has 0 aromatic carbocycles. The van der Waals surface area contributed by atoms with E-state index >= 15 is 0 Å². The predicted molar refractivity (Wildman–Crippen MR) is 35.8 cm³/mol. The lowest BCUT2D eigenvalue weighted by Gasteiger charge is -2.03. The lowest BCUT2D eigenvalue weighted by Crippen LogP contribution is -2.08. The summed E-state index contributed by atoms with van der Waals surface area (Å²) in [7, 11) is 0. The fourth-order valence-corrected chi connectivity index (χ4v) is 1.33. The van der Waals surface area contributed by atoms with Gasteiger partial charge < -0.3 is 5.32 Å². The first-order valence-corrected chi connectivity index (χ1v) is 3.72. The molecule has 1 unspecified atom stereocenters. The van der Waals surface area contributed by atoms with Gasteiger partial charge in [-0.05, 0) is 38.3 Å². The molecule has 1 fully saturated rings. The van der Waals surface area contributed by atoms with Crippen molar-refractivity contribution in [2.24, 2.45) is 5.92 Å². The van der Waals surface area contributed by atoms with Crippen molar-refractivity contribution in [3.8, 4) is 0 Å². The highest BCUT2D eigenvalue weighted by Gasteiger charge is 2.12. The van der Waals surface area contributed by atoms with E-state index in [4.69, 9.17) is 0 Å². The molecule has 0 aromatic rings. The average molecular weight is 128 g/mol. The van der Waals surface area contributed by atoms with E-state index in [1.54, 1.807) is 0 Å². The third-order valence-electron chi connectivity index (χ3n) is 1.92. The normalized spacial score (nSPS) is 27.0. The Morgan fingerprint density at radius 3 is 3.00 bits per heavy atom. The highest BCUT2D eigenvalue weighted by Crippen LogP contribution is 2.13. The fourth-order valence-electron chi connectivity index (χ4n) is 1.33. The van der Waals surface area contributed by atoms with Crippen LogP contribution in [-0.4, -0.2) is 19.7 Å². The molecule has 1 aliphatic rings. The van der Waals surface area contributed by atoms with Crippen LogP contribution in [0.1, 0.15) is 19.3 Å². The van der Waals surface area contributed by atoms with Gasteiger partial charge in [-0.1, -0.05) is 0 Å². The maximum atomic E-state index is 10.1. The largest absolute Gasteiger partial charge is 0.316 e. The Labute approximate surface area is 56.3 Å². The van der Waals surface area contributed by atoms with E-state index in [-0.39, 0.29) is 6.61 Å². The molecule has 2 nitrogen and oxygen atoms in total. The first-order valence-electron chi connectivity index (χ1n) is 3.72. The molecule has 0 spiro atoms. The van der Waals surface area contributed by atoms with E-state index in [2.05, 4.69) is 5.32 Å². The van der Waals surface area contributed by atoms with Gasteiger partial charge >= 0.3 is 0 Å². The molecule has 1 atom stereocenters. The first kappa shape index (κ1) is 7.03. The van der Waals surface area contributed by atoms with Gasteiger partial charge in [0.2, 0.25) is 0 Å². The van der Waals surface area contributed by atoms with Gasteiger partial charge in [0.1, 0.15) is 0 Å². The quantitative estimate of drug-likeness (QED) is 0.599. The highest BCUT2D eigenvalue weighted by atomic mass is 16.2. The topological polar surface area (TPSA) is 31.9 Å². The van der Waals surface area contributed by atoms with E-state index in [1.165, 1.54) is 6.42 Å². The molecule has 1 aliphatic heterocycles. The summed E-state index contributed by atoms with van der Waals surface area (Å²) in [5.41, 5.74) is 0. The van der Waals surface area contributed by atoms with Crippen molar-refractivity contribution < 1.29 is 5.11 Å². The van der Waals surface area contributed by atoms with Gasteiger partial charge in [0, 0.05) is 0 Å². The van der Waals surface area contributed by atoms with Crippen molar-refractivity contribution in [3.63, 3.8) is 0 Å². The zero-order valence-electron chi connectivity index (χ0n) is 5.73. The van der Waals surface area contributed by atoms with Crippen LogP contribution in [0, 0.1) is 5.92 Å². The van der Waals surface area contributed by atoms with Gasteiger partial charge in [0.05, 0.1) is 6.61 Å². The van der Waals surface area contributed by atoms with E-state index in [0.717, 1.165) is 31.8 Å². The minimum atomic E-state index is 0.108. The van der Waals surface area contributed by atoms with Gasteiger partial charge in [0.15, 0.2) is 0 Å². The molecule has 53 valence electrons. The molecule has 0 aliphatic carbocycles. The lowest BCUT2D eigenvalue weighted by molar-refractivity contribution is 0.181. The minimum Gasteiger partial charge on any atom is -0.316 e. The molecule has 1 heterocycles. The summed E-state index contributed by atoms with van der Waals surface area (Å²) >= 11 is 0. The third-order valence-corrected chi connectivity index (χ3v) is 1.92. The van der Waals surface area contributed by atoms with Crippen LogP contribution in [0.2, 0.25) is 0 Å². The number of rotatable bonds is 3. The van der Waals surface area contributed by atoms with Crippen LogP contribution in [0.25, 0.3) is 0 Å². The molecule has 1 N–H and O–H groups in total. The van der Waals surface area contributed by atoms with Crippen molar-refractivity contribution in [1.29, 1.82) is 0 Å². The molecular weight excluding hydrogens is 114 g/mol. The van der Waals surface area contributed by atoms with Crippen LogP contribution in [0.15, 0.2) is 0 Å². The molecular formula is C7H14NO. The summed E-state index contributed by atoms with van der Waals surface area (Å²) in [6.07, 6.45) is 3.28. The maximum absolute atomic E-state index is 10.1. The maximum Gasteiger partial charge on any atom is 0.0822 e. The number of hydrogen-bond acceptors (Lipinski definition) is 1. The van der Waals surface area contributed by atoms with Gasteiger partial charge in [0.25, 0.3) is 0 Å². The minimum absolute atomic E-state index is 0.108. The Kier molecular flexibility index (Phi) is 3.01. The van der Waals surface area contributed by atoms with Crippen LogP contribution >= 0.6 is 0 Å². The Balaban J connectivity index is 1.98. The SMILES string of the molecule is [O]CCCC1CCNC1. The molecule has 2 heteroatoms. The van der Waals surface area contributed by atoms with E-state index in [0.29, 0.717) is 0 Å². The van der Waals surface area contributed by atoms with Crippen LogP contribution in [0.5, 0.6) is 0 Å². The van der Waals surface area contributed by atoms with Crippen LogP contribution in [-0.2, 0) is 5.11 Å². The van der Waals surface area contributed by atoms with E-state index < -0.39 is 0 Å². The fraction of sp³-hybridized carbons (Fsp3) is 1.00.